The molecule has 9 heteroatoms. The molecule has 142 valence electrons. The number of nitrogens with two attached hydrogens (primary N) is 1. The van der Waals surface area contributed by atoms with Gasteiger partial charge in [0.1, 0.15) is 11.6 Å². The van der Waals surface area contributed by atoms with Gasteiger partial charge in [0.2, 0.25) is 0 Å². The van der Waals surface area contributed by atoms with Crippen LogP contribution in [0.2, 0.25) is 0 Å². The average molecular weight is 357 g/mol. The van der Waals surface area contributed by atoms with E-state index in [9.17, 15) is 19.2 Å². The molecule has 0 aromatic carbocycles. The minimum atomic E-state index is -1.18. The quantitative estimate of drug-likeness (QED) is 0.726. The summed E-state index contributed by atoms with van der Waals surface area (Å²) in [6.45, 7) is 8.90. The Morgan fingerprint density at radius 3 is 2.28 bits per heavy atom. The Bertz CT molecular complexity index is 540. The van der Waals surface area contributed by atoms with Crippen LogP contribution in [0.3, 0.4) is 0 Å². The van der Waals surface area contributed by atoms with Crippen molar-refractivity contribution in [2.75, 3.05) is 6.54 Å². The van der Waals surface area contributed by atoms with E-state index in [0.29, 0.717) is 19.4 Å². The number of hydrogen-bond acceptors (Lipinski definition) is 6. The number of imide groups is 1. The van der Waals surface area contributed by atoms with Crippen LogP contribution in [0.15, 0.2) is 0 Å². The molecule has 0 aliphatic carbocycles. The Labute approximate surface area is 147 Å². The van der Waals surface area contributed by atoms with Crippen molar-refractivity contribution < 1.29 is 28.7 Å². The molecule has 1 saturated heterocycles. The zero-order valence-corrected chi connectivity index (χ0v) is 15.3. The van der Waals surface area contributed by atoms with Gasteiger partial charge in [0.05, 0.1) is 0 Å². The van der Waals surface area contributed by atoms with Gasteiger partial charge < -0.3 is 15.2 Å². The maximum Gasteiger partial charge on any atom is 0.411 e. The van der Waals surface area contributed by atoms with Crippen LogP contribution in [-0.2, 0) is 19.1 Å². The van der Waals surface area contributed by atoms with Crippen molar-refractivity contribution in [3.05, 3.63) is 0 Å². The fourth-order valence-electron chi connectivity index (χ4n) is 2.44. The molecule has 9 nitrogen and oxygen atoms in total. The molecule has 0 aromatic rings. The summed E-state index contributed by atoms with van der Waals surface area (Å²) in [7, 11) is 0. The minimum absolute atomic E-state index is 0.370. The van der Waals surface area contributed by atoms with Crippen LogP contribution in [-0.4, -0.2) is 53.2 Å². The van der Waals surface area contributed by atoms with Gasteiger partial charge in [-0.1, -0.05) is 13.8 Å². The van der Waals surface area contributed by atoms with E-state index in [2.05, 4.69) is 0 Å². The van der Waals surface area contributed by atoms with Crippen LogP contribution >= 0.6 is 0 Å². The summed E-state index contributed by atoms with van der Waals surface area (Å²) in [5, 5.41) is 1.90. The molecule has 1 fully saturated rings. The number of primary amides is 1. The Kier molecular flexibility index (Phi) is 6.78. The van der Waals surface area contributed by atoms with Crippen LogP contribution in [0.5, 0.6) is 0 Å². The van der Waals surface area contributed by atoms with Gasteiger partial charge in [-0.15, -0.1) is 0 Å². The first-order valence-electron chi connectivity index (χ1n) is 8.22. The molecule has 0 aromatic heterocycles. The van der Waals surface area contributed by atoms with Crippen molar-refractivity contribution in [3.63, 3.8) is 0 Å². The van der Waals surface area contributed by atoms with E-state index >= 15 is 0 Å². The third kappa shape index (κ3) is 6.24. The lowest BCUT2D eigenvalue weighted by atomic mass is 10.1. The molecule has 2 atom stereocenters. The number of nitrogens with one attached hydrogen (secondary N) is 1. The summed E-state index contributed by atoms with van der Waals surface area (Å²) in [6, 6.07) is -1.85. The second-order valence-corrected chi connectivity index (χ2v) is 7.29. The smallest absolute Gasteiger partial charge is 0.411 e. The monoisotopic (exact) mass is 357 g/mol. The van der Waals surface area contributed by atoms with E-state index in [1.807, 2.05) is 5.32 Å². The van der Waals surface area contributed by atoms with E-state index in [1.54, 1.807) is 34.6 Å². The molecule has 3 N–H and O–H groups in total. The predicted octanol–water partition coefficient (Wildman–Crippen LogP) is 1.15. The third-order valence-electron chi connectivity index (χ3n) is 3.51. The zero-order valence-electron chi connectivity index (χ0n) is 15.3. The van der Waals surface area contributed by atoms with Crippen LogP contribution in [0.1, 0.15) is 47.5 Å². The minimum Gasteiger partial charge on any atom is -0.450 e. The zero-order chi connectivity index (χ0) is 19.4. The van der Waals surface area contributed by atoms with Gasteiger partial charge in [0.15, 0.2) is 6.10 Å². The van der Waals surface area contributed by atoms with Crippen LogP contribution in [0.25, 0.3) is 0 Å². The van der Waals surface area contributed by atoms with Crippen LogP contribution < -0.4 is 11.1 Å². The average Bonchev–Trinajstić information content (AvgIpc) is 2.90. The van der Waals surface area contributed by atoms with E-state index in [4.69, 9.17) is 15.2 Å². The predicted molar refractivity (Wildman–Crippen MR) is 88.4 cm³/mol. The van der Waals surface area contributed by atoms with Gasteiger partial charge in [-0.05, 0) is 39.5 Å². The second kappa shape index (κ2) is 8.17. The van der Waals surface area contributed by atoms with Crippen molar-refractivity contribution in [2.24, 2.45) is 11.7 Å². The van der Waals surface area contributed by atoms with Crippen molar-refractivity contribution in [1.29, 1.82) is 0 Å². The summed E-state index contributed by atoms with van der Waals surface area (Å²) in [5.74, 6) is -1.88. The number of amides is 4. The maximum absolute atomic E-state index is 12.5. The lowest BCUT2D eigenvalue weighted by Crippen LogP contribution is -2.49. The highest BCUT2D eigenvalue weighted by atomic mass is 16.6. The highest BCUT2D eigenvalue weighted by Gasteiger charge is 2.39. The Morgan fingerprint density at radius 1 is 1.20 bits per heavy atom. The fraction of sp³-hybridized carbons (Fsp3) is 0.750. The largest absolute Gasteiger partial charge is 0.450 e. The number of carbonyl (C=O) groups excluding carboxylic acids is 4. The van der Waals surface area contributed by atoms with Crippen molar-refractivity contribution in [3.8, 4) is 0 Å². The van der Waals surface area contributed by atoms with Gasteiger partial charge >= 0.3 is 18.1 Å². The van der Waals surface area contributed by atoms with Crippen molar-refractivity contribution >= 4 is 24.0 Å². The SMILES string of the molecule is CC(C)[C@H](OC(=O)[C@@H]1CCCN1C(=O)OC(C)(C)C)C(=O)NC(N)=O. The van der Waals surface area contributed by atoms with Gasteiger partial charge in [0, 0.05) is 6.54 Å². The molecule has 1 aliphatic rings. The van der Waals surface area contributed by atoms with Crippen LogP contribution in [0.4, 0.5) is 9.59 Å². The number of carbonyl (C=O) groups is 4. The first kappa shape index (κ1) is 20.7. The molecule has 1 heterocycles. The number of hydrogen-bond donors (Lipinski definition) is 2. The molecule has 0 bridgehead atoms. The summed E-state index contributed by atoms with van der Waals surface area (Å²) in [5.41, 5.74) is 4.24. The molecule has 4 amide bonds. The molecule has 0 unspecified atom stereocenters. The normalized spacial score (nSPS) is 18.6. The summed E-state index contributed by atoms with van der Waals surface area (Å²) in [6.07, 6.45) is -0.741. The molecular formula is C16H27N3O6. The van der Waals surface area contributed by atoms with Gasteiger partial charge in [-0.3, -0.25) is 15.0 Å². The lowest BCUT2D eigenvalue weighted by Gasteiger charge is -2.29. The highest BCUT2D eigenvalue weighted by molar-refractivity contribution is 5.97. The number of esters is 1. The lowest BCUT2D eigenvalue weighted by molar-refractivity contribution is -0.162. The molecule has 1 rings (SSSR count). The first-order valence-corrected chi connectivity index (χ1v) is 8.22. The summed E-state index contributed by atoms with van der Waals surface area (Å²) >= 11 is 0. The highest BCUT2D eigenvalue weighted by Crippen LogP contribution is 2.23. The fourth-order valence-corrected chi connectivity index (χ4v) is 2.44. The van der Waals surface area contributed by atoms with Gasteiger partial charge in [-0.2, -0.15) is 0 Å². The Hall–Kier alpha value is -2.32. The van der Waals surface area contributed by atoms with Crippen LogP contribution in [0, 0.1) is 5.92 Å². The molecule has 25 heavy (non-hydrogen) atoms. The number of urea groups is 1. The Morgan fingerprint density at radius 2 is 1.80 bits per heavy atom. The van der Waals surface area contributed by atoms with E-state index in [0.717, 1.165) is 0 Å². The third-order valence-corrected chi connectivity index (χ3v) is 3.51. The molecule has 1 aliphatic heterocycles. The molecule has 0 spiro atoms. The molecular weight excluding hydrogens is 330 g/mol. The molecule has 0 saturated carbocycles. The number of ether oxygens (including phenoxy) is 2. The van der Waals surface area contributed by atoms with Gasteiger partial charge in [-0.25, -0.2) is 14.4 Å². The topological polar surface area (TPSA) is 128 Å². The Balaban J connectivity index is 2.80. The standard InChI is InChI=1S/C16H27N3O6/c1-9(2)11(12(20)18-14(17)22)24-13(21)10-7-6-8-19(10)15(23)25-16(3,4)5/h9-11H,6-8H2,1-5H3,(H3,17,18,20,22)/t10-,11-/m0/s1. The number of rotatable bonds is 4. The maximum atomic E-state index is 12.5. The number of nitrogens with zero attached hydrogens (tertiary/aromatic N) is 1. The summed E-state index contributed by atoms with van der Waals surface area (Å²) < 4.78 is 10.6. The van der Waals surface area contributed by atoms with E-state index in [-0.39, 0.29) is 5.92 Å². The number of likely N-dealkylation sites (tertiary alicyclic amines) is 1. The van der Waals surface area contributed by atoms with Gasteiger partial charge in [0.25, 0.3) is 5.91 Å². The van der Waals surface area contributed by atoms with E-state index < -0.39 is 41.7 Å². The van der Waals surface area contributed by atoms with E-state index in [1.165, 1.54) is 4.90 Å². The molecule has 0 radical (unpaired) electrons. The van der Waals surface area contributed by atoms with Crippen molar-refractivity contribution in [2.45, 2.75) is 65.2 Å². The second-order valence-electron chi connectivity index (χ2n) is 7.29. The van der Waals surface area contributed by atoms with Crippen molar-refractivity contribution in [1.82, 2.24) is 10.2 Å². The first-order chi connectivity index (χ1) is 11.4. The summed E-state index contributed by atoms with van der Waals surface area (Å²) in [4.78, 5) is 48.8.